The fraction of sp³-hybridized carbons (Fsp3) is 0. The number of carboxylic acid groups (broad SMARTS) is 1. The van der Waals surface area contributed by atoms with Gasteiger partial charge in [-0.25, -0.2) is 4.79 Å². The van der Waals surface area contributed by atoms with Gasteiger partial charge in [0.1, 0.15) is 11.5 Å². The molecule has 3 rings (SSSR count). The Morgan fingerprint density at radius 1 is 1.05 bits per heavy atom. The first-order valence-electron chi connectivity index (χ1n) is 6.27. The molecule has 0 aliphatic rings. The summed E-state index contributed by atoms with van der Waals surface area (Å²) in [4.78, 5) is 25.4. The van der Waals surface area contributed by atoms with E-state index in [1.807, 2.05) is 18.2 Å². The van der Waals surface area contributed by atoms with Crippen LogP contribution in [0.3, 0.4) is 0 Å². The molecule has 3 aromatic rings. The molecule has 0 aliphatic heterocycles. The van der Waals surface area contributed by atoms with Crippen LogP contribution in [0.25, 0.3) is 10.9 Å². The van der Waals surface area contributed by atoms with Crippen LogP contribution in [0.2, 0.25) is 0 Å². The van der Waals surface area contributed by atoms with Crippen molar-refractivity contribution in [3.63, 3.8) is 0 Å². The number of fused-ring (bicyclic) bond motifs is 1. The Balaban J connectivity index is 2.17. The van der Waals surface area contributed by atoms with E-state index in [0.29, 0.717) is 22.4 Å². The maximum Gasteiger partial charge on any atom is 0.335 e. The van der Waals surface area contributed by atoms with Gasteiger partial charge in [-0.2, -0.15) is 0 Å². The minimum absolute atomic E-state index is 0.132. The molecular formula is C16H11NO4. The Kier molecular flexibility index (Phi) is 3.16. The molecule has 2 aromatic carbocycles. The minimum atomic E-state index is -1.03. The SMILES string of the molecule is O=C(O)c1ccc2[nH]c(=O)cc(Oc3ccccc3)c2c1. The lowest BCUT2D eigenvalue weighted by Crippen LogP contribution is -2.06. The van der Waals surface area contributed by atoms with Crippen molar-refractivity contribution in [1.82, 2.24) is 4.98 Å². The number of benzene rings is 2. The van der Waals surface area contributed by atoms with Gasteiger partial charge in [-0.1, -0.05) is 18.2 Å². The summed E-state index contributed by atoms with van der Waals surface area (Å²) in [5, 5.41) is 9.61. The molecule has 0 saturated carbocycles. The quantitative estimate of drug-likeness (QED) is 0.773. The van der Waals surface area contributed by atoms with Crippen LogP contribution in [-0.4, -0.2) is 16.1 Å². The van der Waals surface area contributed by atoms with Crippen molar-refractivity contribution in [3.05, 3.63) is 70.5 Å². The zero-order valence-corrected chi connectivity index (χ0v) is 10.9. The van der Waals surface area contributed by atoms with Gasteiger partial charge >= 0.3 is 5.97 Å². The zero-order valence-electron chi connectivity index (χ0n) is 10.9. The third kappa shape index (κ3) is 2.62. The van der Waals surface area contributed by atoms with E-state index in [1.165, 1.54) is 18.2 Å². The van der Waals surface area contributed by atoms with Crippen LogP contribution in [0.4, 0.5) is 0 Å². The number of hydrogen-bond donors (Lipinski definition) is 2. The summed E-state index contributed by atoms with van der Waals surface area (Å²) in [6, 6.07) is 14.8. The smallest absolute Gasteiger partial charge is 0.335 e. The molecule has 21 heavy (non-hydrogen) atoms. The van der Waals surface area contributed by atoms with Crippen LogP contribution < -0.4 is 10.3 Å². The van der Waals surface area contributed by atoms with E-state index in [4.69, 9.17) is 9.84 Å². The molecule has 0 aliphatic carbocycles. The highest BCUT2D eigenvalue weighted by atomic mass is 16.5. The molecule has 0 spiro atoms. The standard InChI is InChI=1S/C16H11NO4/c18-15-9-14(21-11-4-2-1-3-5-11)12-8-10(16(19)20)6-7-13(12)17-15/h1-9H,(H,17,18)(H,19,20). The van der Waals surface area contributed by atoms with Gasteiger partial charge in [-0.3, -0.25) is 4.79 Å². The second-order valence-corrected chi connectivity index (χ2v) is 4.48. The average molecular weight is 281 g/mol. The average Bonchev–Trinajstić information content (AvgIpc) is 2.47. The fourth-order valence-corrected chi connectivity index (χ4v) is 2.06. The summed E-state index contributed by atoms with van der Waals surface area (Å²) >= 11 is 0. The molecule has 0 bridgehead atoms. The van der Waals surface area contributed by atoms with Crippen molar-refractivity contribution >= 4 is 16.9 Å². The number of carbonyl (C=O) groups is 1. The second-order valence-electron chi connectivity index (χ2n) is 4.48. The number of pyridine rings is 1. The third-order valence-corrected chi connectivity index (χ3v) is 3.02. The normalized spacial score (nSPS) is 10.5. The van der Waals surface area contributed by atoms with Crippen LogP contribution in [0.5, 0.6) is 11.5 Å². The molecule has 0 unspecified atom stereocenters. The number of hydrogen-bond acceptors (Lipinski definition) is 3. The molecule has 1 aromatic heterocycles. The number of rotatable bonds is 3. The van der Waals surface area contributed by atoms with Gasteiger partial charge in [0.25, 0.3) is 5.56 Å². The summed E-state index contributed by atoms with van der Waals surface area (Å²) in [7, 11) is 0. The lowest BCUT2D eigenvalue weighted by atomic mass is 10.1. The van der Waals surface area contributed by atoms with Crippen molar-refractivity contribution in [2.24, 2.45) is 0 Å². The maximum atomic E-state index is 11.7. The van der Waals surface area contributed by atoms with Crippen molar-refractivity contribution in [3.8, 4) is 11.5 Å². The minimum Gasteiger partial charge on any atom is -0.478 e. The largest absolute Gasteiger partial charge is 0.478 e. The van der Waals surface area contributed by atoms with E-state index >= 15 is 0 Å². The van der Waals surface area contributed by atoms with Crippen LogP contribution in [0.1, 0.15) is 10.4 Å². The van der Waals surface area contributed by atoms with Crippen molar-refractivity contribution in [1.29, 1.82) is 0 Å². The molecular weight excluding hydrogens is 270 g/mol. The van der Waals surface area contributed by atoms with E-state index in [-0.39, 0.29) is 11.1 Å². The maximum absolute atomic E-state index is 11.7. The van der Waals surface area contributed by atoms with Crippen LogP contribution >= 0.6 is 0 Å². The number of H-pyrrole nitrogens is 1. The molecule has 2 N–H and O–H groups in total. The summed E-state index contributed by atoms with van der Waals surface area (Å²) in [6.45, 7) is 0. The van der Waals surface area contributed by atoms with Crippen molar-refractivity contribution in [2.75, 3.05) is 0 Å². The number of aromatic carboxylic acids is 1. The molecule has 104 valence electrons. The molecule has 1 heterocycles. The molecule has 0 atom stereocenters. The summed E-state index contributed by atoms with van der Waals surface area (Å²) in [5.41, 5.74) is 0.349. The molecule has 0 radical (unpaired) electrons. The highest BCUT2D eigenvalue weighted by Crippen LogP contribution is 2.28. The van der Waals surface area contributed by atoms with Gasteiger partial charge in [-0.05, 0) is 30.3 Å². The third-order valence-electron chi connectivity index (χ3n) is 3.02. The molecule has 0 saturated heterocycles. The lowest BCUT2D eigenvalue weighted by Gasteiger charge is -2.09. The van der Waals surface area contributed by atoms with Gasteiger partial charge in [0.2, 0.25) is 0 Å². The number of ether oxygens (including phenoxy) is 1. The summed E-state index contributed by atoms with van der Waals surface area (Å²) in [5.74, 6) is -0.137. The van der Waals surface area contributed by atoms with E-state index in [1.54, 1.807) is 18.2 Å². The number of nitrogens with one attached hydrogen (secondary N) is 1. The first-order chi connectivity index (χ1) is 10.1. The second kappa shape index (κ2) is 5.13. The van der Waals surface area contributed by atoms with Crippen LogP contribution in [0.15, 0.2) is 59.4 Å². The van der Waals surface area contributed by atoms with Gasteiger partial charge in [0.05, 0.1) is 11.1 Å². The first-order valence-corrected chi connectivity index (χ1v) is 6.27. The highest BCUT2D eigenvalue weighted by Gasteiger charge is 2.10. The topological polar surface area (TPSA) is 79.4 Å². The molecule has 0 fully saturated rings. The Morgan fingerprint density at radius 2 is 1.81 bits per heavy atom. The monoisotopic (exact) mass is 281 g/mol. The number of aromatic nitrogens is 1. The van der Waals surface area contributed by atoms with Crippen LogP contribution in [0, 0.1) is 0 Å². The number of aromatic amines is 1. The summed E-state index contributed by atoms with van der Waals surface area (Å²) in [6.07, 6.45) is 0. The van der Waals surface area contributed by atoms with E-state index in [9.17, 15) is 9.59 Å². The number of para-hydroxylation sites is 1. The molecule has 5 nitrogen and oxygen atoms in total. The predicted octanol–water partition coefficient (Wildman–Crippen LogP) is 3.02. The first kappa shape index (κ1) is 12.9. The van der Waals surface area contributed by atoms with E-state index in [0.717, 1.165) is 0 Å². The van der Waals surface area contributed by atoms with Crippen molar-refractivity contribution in [2.45, 2.75) is 0 Å². The molecule has 0 amide bonds. The Bertz CT molecular complexity index is 868. The fourth-order valence-electron chi connectivity index (χ4n) is 2.06. The van der Waals surface area contributed by atoms with Crippen LogP contribution in [-0.2, 0) is 0 Å². The zero-order chi connectivity index (χ0) is 14.8. The van der Waals surface area contributed by atoms with Gasteiger partial charge in [0, 0.05) is 11.5 Å². The van der Waals surface area contributed by atoms with Gasteiger partial charge in [0.15, 0.2) is 0 Å². The Hall–Kier alpha value is -3.08. The number of carboxylic acids is 1. The lowest BCUT2D eigenvalue weighted by molar-refractivity contribution is 0.0697. The Morgan fingerprint density at radius 3 is 2.52 bits per heavy atom. The van der Waals surface area contributed by atoms with Gasteiger partial charge < -0.3 is 14.8 Å². The highest BCUT2D eigenvalue weighted by molar-refractivity contribution is 5.95. The summed E-state index contributed by atoms with van der Waals surface area (Å²) < 4.78 is 5.69. The van der Waals surface area contributed by atoms with E-state index < -0.39 is 5.97 Å². The Labute approximate surface area is 119 Å². The van der Waals surface area contributed by atoms with E-state index in [2.05, 4.69) is 4.98 Å². The predicted molar refractivity (Wildman–Crippen MR) is 78.0 cm³/mol. The molecule has 5 heteroatoms. The van der Waals surface area contributed by atoms with Crippen molar-refractivity contribution < 1.29 is 14.6 Å². The van der Waals surface area contributed by atoms with Gasteiger partial charge in [-0.15, -0.1) is 0 Å².